The maximum Gasteiger partial charge on any atom is 0.279 e. The fourth-order valence-corrected chi connectivity index (χ4v) is 2.11. The molecule has 5 nitrogen and oxygen atoms in total. The number of thiocarbonyl (C=S) groups is 1. The number of nitro groups is 1. The topological polar surface area (TPSA) is 55.6 Å². The molecule has 2 rings (SSSR count). The zero-order valence-electron chi connectivity index (χ0n) is 9.17. The Kier molecular flexibility index (Phi) is 3.65. The predicted octanol–water partition coefficient (Wildman–Crippen LogP) is 1.60. The molecule has 0 radical (unpaired) electrons. The summed E-state index contributed by atoms with van der Waals surface area (Å²) in [6.45, 7) is 2.59. The van der Waals surface area contributed by atoms with Gasteiger partial charge in [0.05, 0.1) is 23.7 Å². The van der Waals surface area contributed by atoms with Crippen LogP contribution in [0.2, 0.25) is 0 Å². The van der Waals surface area contributed by atoms with E-state index in [2.05, 4.69) is 0 Å². The first kappa shape index (κ1) is 11.9. The van der Waals surface area contributed by atoms with Crippen LogP contribution >= 0.6 is 12.2 Å². The van der Waals surface area contributed by atoms with Crippen LogP contribution in [-0.4, -0.2) is 41.1 Å². The molecule has 1 aliphatic rings. The lowest BCUT2D eigenvalue weighted by Gasteiger charge is -2.29. The average molecular weight is 252 g/mol. The SMILES string of the molecule is O=[N+]([O-])c1ccccc1C(=S)N1CCOCC1. The van der Waals surface area contributed by atoms with Crippen LogP contribution in [0.3, 0.4) is 0 Å². The van der Waals surface area contributed by atoms with Crippen molar-refractivity contribution in [1.82, 2.24) is 4.90 Å². The van der Waals surface area contributed by atoms with Crippen LogP contribution in [0.5, 0.6) is 0 Å². The average Bonchev–Trinajstić information content (AvgIpc) is 2.39. The van der Waals surface area contributed by atoms with Crippen LogP contribution in [0.1, 0.15) is 5.56 Å². The highest BCUT2D eigenvalue weighted by Crippen LogP contribution is 2.20. The van der Waals surface area contributed by atoms with Gasteiger partial charge >= 0.3 is 0 Å². The van der Waals surface area contributed by atoms with Gasteiger partial charge in [-0.15, -0.1) is 0 Å². The minimum atomic E-state index is -0.401. The molecule has 90 valence electrons. The van der Waals surface area contributed by atoms with Gasteiger partial charge in [0.1, 0.15) is 4.99 Å². The molecular weight excluding hydrogens is 240 g/mol. The van der Waals surface area contributed by atoms with Crippen LogP contribution in [0.4, 0.5) is 5.69 Å². The second kappa shape index (κ2) is 5.20. The lowest BCUT2D eigenvalue weighted by molar-refractivity contribution is -0.385. The third-order valence-electron chi connectivity index (χ3n) is 2.63. The third-order valence-corrected chi connectivity index (χ3v) is 3.11. The molecule has 0 aliphatic carbocycles. The van der Waals surface area contributed by atoms with Crippen LogP contribution in [0.15, 0.2) is 24.3 Å². The molecule has 17 heavy (non-hydrogen) atoms. The van der Waals surface area contributed by atoms with Crippen molar-refractivity contribution in [2.75, 3.05) is 26.3 Å². The second-order valence-corrected chi connectivity index (χ2v) is 4.07. The Morgan fingerprint density at radius 3 is 2.65 bits per heavy atom. The molecule has 0 spiro atoms. The molecule has 0 bridgehead atoms. The molecule has 0 atom stereocenters. The molecular formula is C11H12N2O3S. The van der Waals surface area contributed by atoms with E-state index in [0.29, 0.717) is 36.9 Å². The molecule has 0 amide bonds. The fraction of sp³-hybridized carbons (Fsp3) is 0.364. The second-order valence-electron chi connectivity index (χ2n) is 3.68. The summed E-state index contributed by atoms with van der Waals surface area (Å²) in [6.07, 6.45) is 0. The summed E-state index contributed by atoms with van der Waals surface area (Å²) in [5, 5.41) is 10.9. The van der Waals surface area contributed by atoms with Gasteiger partial charge < -0.3 is 9.64 Å². The van der Waals surface area contributed by atoms with Gasteiger partial charge in [-0.3, -0.25) is 10.1 Å². The van der Waals surface area contributed by atoms with Crippen LogP contribution < -0.4 is 0 Å². The predicted molar refractivity (Wildman–Crippen MR) is 67.2 cm³/mol. The maximum absolute atomic E-state index is 10.9. The van der Waals surface area contributed by atoms with Gasteiger partial charge in [0.25, 0.3) is 5.69 Å². The normalized spacial score (nSPS) is 15.6. The number of hydrogen-bond acceptors (Lipinski definition) is 4. The largest absolute Gasteiger partial charge is 0.378 e. The number of nitrogens with zero attached hydrogens (tertiary/aromatic N) is 2. The molecule has 1 saturated heterocycles. The van der Waals surface area contributed by atoms with Gasteiger partial charge in [0, 0.05) is 19.2 Å². The zero-order chi connectivity index (χ0) is 12.3. The van der Waals surface area contributed by atoms with E-state index in [-0.39, 0.29) is 5.69 Å². The molecule has 1 aliphatic heterocycles. The first-order valence-corrected chi connectivity index (χ1v) is 5.71. The Bertz CT molecular complexity index is 444. The summed E-state index contributed by atoms with van der Waals surface area (Å²) in [5.74, 6) is 0. The molecule has 1 heterocycles. The van der Waals surface area contributed by atoms with Crippen molar-refractivity contribution in [2.24, 2.45) is 0 Å². The van der Waals surface area contributed by atoms with Gasteiger partial charge in [-0.25, -0.2) is 0 Å². The molecule has 0 unspecified atom stereocenters. The summed E-state index contributed by atoms with van der Waals surface area (Å²) < 4.78 is 5.23. The number of morpholine rings is 1. The number of ether oxygens (including phenoxy) is 1. The summed E-state index contributed by atoms with van der Waals surface area (Å²) in [5.41, 5.74) is 0.568. The first-order chi connectivity index (χ1) is 8.20. The third kappa shape index (κ3) is 2.59. The van der Waals surface area contributed by atoms with E-state index < -0.39 is 4.92 Å². The van der Waals surface area contributed by atoms with E-state index in [0.717, 1.165) is 0 Å². The highest BCUT2D eigenvalue weighted by Gasteiger charge is 2.21. The van der Waals surface area contributed by atoms with Crippen molar-refractivity contribution < 1.29 is 9.66 Å². The smallest absolute Gasteiger partial charge is 0.279 e. The summed E-state index contributed by atoms with van der Waals surface area (Å²) in [7, 11) is 0. The molecule has 0 N–H and O–H groups in total. The maximum atomic E-state index is 10.9. The van der Waals surface area contributed by atoms with E-state index in [9.17, 15) is 10.1 Å². The minimum Gasteiger partial charge on any atom is -0.378 e. The van der Waals surface area contributed by atoms with Crippen LogP contribution in [0.25, 0.3) is 0 Å². The summed E-state index contributed by atoms with van der Waals surface area (Å²) in [6, 6.07) is 6.57. The lowest BCUT2D eigenvalue weighted by Crippen LogP contribution is -2.40. The monoisotopic (exact) mass is 252 g/mol. The minimum absolute atomic E-state index is 0.0593. The lowest BCUT2D eigenvalue weighted by atomic mass is 10.1. The Labute approximate surface area is 104 Å². The Morgan fingerprint density at radius 1 is 1.35 bits per heavy atom. The van der Waals surface area contributed by atoms with Gasteiger partial charge in [-0.2, -0.15) is 0 Å². The van der Waals surface area contributed by atoms with Gasteiger partial charge in [-0.05, 0) is 6.07 Å². The highest BCUT2D eigenvalue weighted by atomic mass is 32.1. The number of rotatable bonds is 2. The Balaban J connectivity index is 2.26. The van der Waals surface area contributed by atoms with Gasteiger partial charge in [0.2, 0.25) is 0 Å². The quantitative estimate of drug-likeness (QED) is 0.454. The van der Waals surface area contributed by atoms with Crippen molar-refractivity contribution in [3.8, 4) is 0 Å². The number of hydrogen-bond donors (Lipinski definition) is 0. The first-order valence-electron chi connectivity index (χ1n) is 5.30. The van der Waals surface area contributed by atoms with E-state index in [1.54, 1.807) is 18.2 Å². The van der Waals surface area contributed by atoms with E-state index >= 15 is 0 Å². The van der Waals surface area contributed by atoms with Crippen LogP contribution in [-0.2, 0) is 4.74 Å². The van der Waals surface area contributed by atoms with E-state index in [1.807, 2.05) is 4.90 Å². The molecule has 0 saturated carbocycles. The Morgan fingerprint density at radius 2 is 2.00 bits per heavy atom. The number of para-hydroxylation sites is 1. The fourth-order valence-electron chi connectivity index (χ4n) is 1.75. The summed E-state index contributed by atoms with van der Waals surface area (Å²) >= 11 is 5.31. The van der Waals surface area contributed by atoms with Crippen molar-refractivity contribution in [3.63, 3.8) is 0 Å². The molecule has 1 aromatic rings. The molecule has 1 aromatic carbocycles. The van der Waals surface area contributed by atoms with E-state index in [1.165, 1.54) is 6.07 Å². The van der Waals surface area contributed by atoms with Crippen molar-refractivity contribution in [2.45, 2.75) is 0 Å². The standard InChI is InChI=1S/C11H12N2O3S/c14-13(15)10-4-2-1-3-9(10)11(17)12-5-7-16-8-6-12/h1-4H,5-8H2. The van der Waals surface area contributed by atoms with Crippen molar-refractivity contribution >= 4 is 22.9 Å². The molecule has 6 heteroatoms. The van der Waals surface area contributed by atoms with Gasteiger partial charge in [0.15, 0.2) is 0 Å². The summed E-state index contributed by atoms with van der Waals surface area (Å²) in [4.78, 5) is 13.0. The Hall–Kier alpha value is -1.53. The van der Waals surface area contributed by atoms with E-state index in [4.69, 9.17) is 17.0 Å². The highest BCUT2D eigenvalue weighted by molar-refractivity contribution is 7.80. The van der Waals surface area contributed by atoms with Crippen LogP contribution in [0, 0.1) is 10.1 Å². The number of nitro benzene ring substituents is 1. The van der Waals surface area contributed by atoms with Crippen molar-refractivity contribution in [1.29, 1.82) is 0 Å². The van der Waals surface area contributed by atoms with Gasteiger partial charge in [-0.1, -0.05) is 24.4 Å². The molecule has 0 aromatic heterocycles. The molecule has 1 fully saturated rings. The number of benzene rings is 1. The van der Waals surface area contributed by atoms with Crippen molar-refractivity contribution in [3.05, 3.63) is 39.9 Å². The zero-order valence-corrected chi connectivity index (χ0v) is 9.98.